The van der Waals surface area contributed by atoms with Gasteiger partial charge in [0.1, 0.15) is 18.2 Å². The second-order valence-electron chi connectivity index (χ2n) is 12.3. The summed E-state index contributed by atoms with van der Waals surface area (Å²) in [4.78, 5) is 73.4. The number of nitrogens with one attached hydrogen (secondary N) is 6. The van der Waals surface area contributed by atoms with Gasteiger partial charge in [0, 0.05) is 31.6 Å². The molecule has 1 aromatic carbocycles. The summed E-state index contributed by atoms with van der Waals surface area (Å²) in [6, 6.07) is 4.56. The monoisotopic (exact) mass is 738 g/mol. The van der Waals surface area contributed by atoms with Gasteiger partial charge in [-0.1, -0.05) is 30.3 Å². The first-order valence-corrected chi connectivity index (χ1v) is 17.5. The van der Waals surface area contributed by atoms with Crippen molar-refractivity contribution in [3.63, 3.8) is 0 Å². The molecule has 19 nitrogen and oxygen atoms in total. The molecule has 52 heavy (non-hydrogen) atoms. The summed E-state index contributed by atoms with van der Waals surface area (Å²) >= 11 is 0. The Morgan fingerprint density at radius 3 is 2.00 bits per heavy atom. The fourth-order valence-electron chi connectivity index (χ4n) is 4.79. The van der Waals surface area contributed by atoms with Crippen LogP contribution in [-0.4, -0.2) is 127 Å². The van der Waals surface area contributed by atoms with Gasteiger partial charge in [0.15, 0.2) is 0 Å². The van der Waals surface area contributed by atoms with Crippen molar-refractivity contribution in [2.45, 2.75) is 87.7 Å². The summed E-state index contributed by atoms with van der Waals surface area (Å²) in [5.74, 6) is -4.81. The van der Waals surface area contributed by atoms with Gasteiger partial charge in [-0.3, -0.25) is 24.0 Å². The van der Waals surface area contributed by atoms with Gasteiger partial charge < -0.3 is 70.2 Å². The number of benzene rings is 1. The molecule has 1 aromatic rings. The van der Waals surface area contributed by atoms with Crippen molar-refractivity contribution >= 4 is 35.5 Å². The molecule has 0 fully saturated rings. The topological polar surface area (TPSA) is 339 Å². The molecule has 294 valence electrons. The van der Waals surface area contributed by atoms with Crippen molar-refractivity contribution < 1.29 is 44.1 Å². The molecule has 0 aliphatic heterocycles. The Hall–Kier alpha value is -4.24. The molecule has 0 heterocycles. The van der Waals surface area contributed by atoms with E-state index >= 15 is 0 Å². The van der Waals surface area contributed by atoms with Gasteiger partial charge in [0.25, 0.3) is 5.91 Å². The Morgan fingerprint density at radius 2 is 1.35 bits per heavy atom. The summed E-state index contributed by atoms with van der Waals surface area (Å²) < 4.78 is 0. The second kappa shape index (κ2) is 26.5. The highest BCUT2D eigenvalue weighted by Crippen LogP contribution is 2.13. The highest BCUT2D eigenvalue weighted by Gasteiger charge is 2.28. The molecule has 0 aliphatic rings. The van der Waals surface area contributed by atoms with Crippen LogP contribution in [0.4, 0.5) is 0 Å². The maximum absolute atomic E-state index is 12.8. The van der Waals surface area contributed by atoms with Crippen molar-refractivity contribution in [1.29, 1.82) is 0 Å². The highest BCUT2D eigenvalue weighted by atomic mass is 16.4. The quantitative estimate of drug-likeness (QED) is 0.0363. The van der Waals surface area contributed by atoms with Gasteiger partial charge in [-0.05, 0) is 63.7 Å². The van der Waals surface area contributed by atoms with E-state index in [1.54, 1.807) is 30.3 Å². The Kier molecular flexibility index (Phi) is 23.4. The number of unbranched alkanes of at least 4 members (excludes halogenated alkanes) is 1. The molecule has 0 bridgehead atoms. The van der Waals surface area contributed by atoms with E-state index in [9.17, 15) is 44.1 Å². The van der Waals surface area contributed by atoms with Gasteiger partial charge in [-0.2, -0.15) is 0 Å². The van der Waals surface area contributed by atoms with Crippen molar-refractivity contribution in [2.24, 2.45) is 22.9 Å². The Morgan fingerprint density at radius 1 is 0.692 bits per heavy atom. The fourth-order valence-corrected chi connectivity index (χ4v) is 4.79. The van der Waals surface area contributed by atoms with Crippen molar-refractivity contribution in [2.75, 3.05) is 45.8 Å². The van der Waals surface area contributed by atoms with E-state index in [-0.39, 0.29) is 44.6 Å². The summed E-state index contributed by atoms with van der Waals surface area (Å²) in [5.41, 5.74) is 23.8. The molecule has 1 rings (SSSR count). The standard InChI is InChI=1S/C33H58N10O9/c34-12-4-5-13-38-14-7-15-39-30(48)20-41-29(47)17-26(44)22(36)10-6-11-24(33(51)52)42-31(49)25(18-35)43-32(50)27(45)19-40-28(46)16-23(37)21-8-2-1-3-9-21/h1-3,8-9,22-27,38,44-45H,4-7,10-20,34-37H2,(H,39,48)(H,40,46)(H,41,47)(H,42,49)(H,43,50)(H,51,52). The number of amides is 5. The molecule has 0 aliphatic carbocycles. The zero-order chi connectivity index (χ0) is 38.9. The van der Waals surface area contributed by atoms with Gasteiger partial charge in [0.2, 0.25) is 23.6 Å². The third-order valence-electron chi connectivity index (χ3n) is 7.94. The number of carboxylic acids is 1. The molecular weight excluding hydrogens is 680 g/mol. The lowest BCUT2D eigenvalue weighted by molar-refractivity contribution is -0.142. The van der Waals surface area contributed by atoms with Crippen molar-refractivity contribution in [3.8, 4) is 0 Å². The lowest BCUT2D eigenvalue weighted by Crippen LogP contribution is -2.57. The fraction of sp³-hybridized carbons (Fsp3) is 0.636. The number of aliphatic hydroxyl groups is 2. The van der Waals surface area contributed by atoms with Crippen LogP contribution in [0, 0.1) is 0 Å². The van der Waals surface area contributed by atoms with Gasteiger partial charge in [0.05, 0.1) is 25.6 Å². The van der Waals surface area contributed by atoms with E-state index < -0.39 is 79.1 Å². The Balaban J connectivity index is 2.39. The summed E-state index contributed by atoms with van der Waals surface area (Å²) in [5, 5.41) is 45.4. The van der Waals surface area contributed by atoms with Gasteiger partial charge in [-0.15, -0.1) is 0 Å². The molecule has 0 radical (unpaired) electrons. The van der Waals surface area contributed by atoms with Crippen LogP contribution in [0.3, 0.4) is 0 Å². The van der Waals surface area contributed by atoms with Gasteiger partial charge >= 0.3 is 5.97 Å². The predicted molar refractivity (Wildman–Crippen MR) is 192 cm³/mol. The maximum Gasteiger partial charge on any atom is 0.326 e. The minimum atomic E-state index is -1.74. The largest absolute Gasteiger partial charge is 0.480 e. The first-order valence-electron chi connectivity index (χ1n) is 17.5. The van der Waals surface area contributed by atoms with Crippen LogP contribution in [0.15, 0.2) is 30.3 Å². The summed E-state index contributed by atoms with van der Waals surface area (Å²) in [6.45, 7) is 1.50. The number of carbonyl (C=O) groups is 6. The van der Waals surface area contributed by atoms with Crippen LogP contribution in [0.5, 0.6) is 0 Å². The van der Waals surface area contributed by atoms with E-state index in [0.717, 1.165) is 31.5 Å². The highest BCUT2D eigenvalue weighted by molar-refractivity contribution is 5.92. The average Bonchev–Trinajstić information content (AvgIpc) is 3.12. The number of carboxylic acid groups (broad SMARTS) is 1. The molecule has 0 aromatic heterocycles. The number of carbonyl (C=O) groups excluding carboxylic acids is 5. The Bertz CT molecular complexity index is 1240. The third kappa shape index (κ3) is 20.0. The van der Waals surface area contributed by atoms with Crippen LogP contribution in [0.1, 0.15) is 63.0 Å². The third-order valence-corrected chi connectivity index (χ3v) is 7.94. The first-order chi connectivity index (χ1) is 24.8. The van der Waals surface area contributed by atoms with Gasteiger partial charge in [-0.25, -0.2) is 4.79 Å². The molecule has 6 unspecified atom stereocenters. The lowest BCUT2D eigenvalue weighted by Gasteiger charge is -2.23. The first kappa shape index (κ1) is 45.8. The van der Waals surface area contributed by atoms with E-state index in [0.29, 0.717) is 19.5 Å². The molecular formula is C33H58N10O9. The molecule has 0 spiro atoms. The molecule has 0 saturated carbocycles. The zero-order valence-electron chi connectivity index (χ0n) is 29.6. The summed E-state index contributed by atoms with van der Waals surface area (Å²) in [7, 11) is 0. The van der Waals surface area contributed by atoms with Crippen LogP contribution in [-0.2, 0) is 28.8 Å². The number of hydrogen-bond acceptors (Lipinski definition) is 13. The normalized spacial score (nSPS) is 14.5. The van der Waals surface area contributed by atoms with E-state index in [1.807, 2.05) is 0 Å². The minimum Gasteiger partial charge on any atom is -0.480 e. The number of nitrogens with two attached hydrogens (primary N) is 4. The number of aliphatic hydroxyl groups excluding tert-OH is 2. The lowest BCUT2D eigenvalue weighted by atomic mass is 10.00. The summed E-state index contributed by atoms with van der Waals surface area (Å²) in [6.07, 6.45) is -0.735. The SMILES string of the molecule is NCCCCNCCCNC(=O)CNC(=O)CC(O)C(N)CCCC(NC(=O)C(CN)NC(=O)C(O)CNC(=O)CC(N)c1ccccc1)C(=O)O. The molecule has 6 atom stereocenters. The average molecular weight is 739 g/mol. The van der Waals surface area contributed by atoms with E-state index in [2.05, 4.69) is 31.9 Å². The van der Waals surface area contributed by atoms with Crippen molar-refractivity contribution in [3.05, 3.63) is 35.9 Å². The minimum absolute atomic E-state index is 0.0973. The van der Waals surface area contributed by atoms with Crippen LogP contribution >= 0.6 is 0 Å². The van der Waals surface area contributed by atoms with Crippen LogP contribution in [0.25, 0.3) is 0 Å². The smallest absolute Gasteiger partial charge is 0.326 e. The zero-order valence-corrected chi connectivity index (χ0v) is 29.6. The Labute approximate surface area is 303 Å². The van der Waals surface area contributed by atoms with Crippen molar-refractivity contribution in [1.82, 2.24) is 31.9 Å². The second-order valence-corrected chi connectivity index (χ2v) is 12.3. The number of aliphatic carboxylic acids is 1. The predicted octanol–water partition coefficient (Wildman–Crippen LogP) is -4.23. The van der Waals surface area contributed by atoms with Crippen LogP contribution < -0.4 is 54.8 Å². The number of rotatable bonds is 28. The number of hydrogen-bond donors (Lipinski definition) is 13. The molecule has 17 N–H and O–H groups in total. The maximum atomic E-state index is 12.8. The van der Waals surface area contributed by atoms with Crippen LogP contribution in [0.2, 0.25) is 0 Å². The van der Waals surface area contributed by atoms with E-state index in [1.165, 1.54) is 0 Å². The van der Waals surface area contributed by atoms with E-state index in [4.69, 9.17) is 22.9 Å². The molecule has 5 amide bonds. The molecule has 0 saturated heterocycles. The molecule has 19 heteroatoms.